The molecule has 0 aromatic heterocycles. The molecule has 2 amide bonds. The van der Waals surface area contributed by atoms with Gasteiger partial charge in [-0.05, 0) is 55.9 Å². The minimum atomic E-state index is -0.186. The number of carbonyl (C=O) groups excluding carboxylic acids is 2. The Kier molecular flexibility index (Phi) is 4.42. The van der Waals surface area contributed by atoms with Crippen LogP contribution >= 0.6 is 0 Å². The number of piperidine rings is 1. The van der Waals surface area contributed by atoms with E-state index >= 15 is 0 Å². The van der Waals surface area contributed by atoms with Gasteiger partial charge in [-0.2, -0.15) is 0 Å². The molecule has 0 spiro atoms. The summed E-state index contributed by atoms with van der Waals surface area (Å²) in [6, 6.07) is 6.07. The molecule has 4 nitrogen and oxygen atoms in total. The normalized spacial score (nSPS) is 25.1. The quantitative estimate of drug-likeness (QED) is 0.842. The van der Waals surface area contributed by atoms with Crippen LogP contribution < -0.4 is 4.90 Å². The van der Waals surface area contributed by atoms with Crippen molar-refractivity contribution in [3.05, 3.63) is 29.3 Å². The van der Waals surface area contributed by atoms with Crippen molar-refractivity contribution in [1.29, 1.82) is 0 Å². The molecule has 124 valence electrons. The number of carbonyl (C=O) groups is 2. The topological polar surface area (TPSA) is 40.6 Å². The molecule has 0 N–H and O–H groups in total. The number of hydrogen-bond acceptors (Lipinski definition) is 2. The molecule has 2 atom stereocenters. The van der Waals surface area contributed by atoms with Crippen molar-refractivity contribution in [2.45, 2.75) is 40.0 Å². The third-order valence-electron chi connectivity index (χ3n) is 5.25. The Morgan fingerprint density at radius 2 is 1.96 bits per heavy atom. The van der Waals surface area contributed by atoms with E-state index in [1.54, 1.807) is 4.90 Å². The molecule has 23 heavy (non-hydrogen) atoms. The fourth-order valence-electron chi connectivity index (χ4n) is 3.66. The maximum atomic E-state index is 12.7. The highest BCUT2D eigenvalue weighted by atomic mass is 16.2. The van der Waals surface area contributed by atoms with Crippen molar-refractivity contribution in [2.75, 3.05) is 24.5 Å². The van der Waals surface area contributed by atoms with Gasteiger partial charge in [-0.25, -0.2) is 0 Å². The van der Waals surface area contributed by atoms with Crippen molar-refractivity contribution in [2.24, 2.45) is 11.8 Å². The summed E-state index contributed by atoms with van der Waals surface area (Å²) >= 11 is 0. The predicted octanol–water partition coefficient (Wildman–Crippen LogP) is 2.91. The second-order valence-corrected chi connectivity index (χ2v) is 7.21. The number of nitrogens with zero attached hydrogens (tertiary/aromatic N) is 2. The molecule has 2 fully saturated rings. The second-order valence-electron chi connectivity index (χ2n) is 7.21. The van der Waals surface area contributed by atoms with E-state index in [2.05, 4.69) is 20.8 Å². The third kappa shape index (κ3) is 3.26. The van der Waals surface area contributed by atoms with Crippen molar-refractivity contribution in [3.63, 3.8) is 0 Å². The predicted molar refractivity (Wildman–Crippen MR) is 91.4 cm³/mol. The molecule has 2 aliphatic rings. The Morgan fingerprint density at radius 1 is 1.17 bits per heavy atom. The minimum Gasteiger partial charge on any atom is -0.342 e. The summed E-state index contributed by atoms with van der Waals surface area (Å²) in [5.41, 5.74) is 3.31. The van der Waals surface area contributed by atoms with Gasteiger partial charge >= 0.3 is 0 Å². The largest absolute Gasteiger partial charge is 0.342 e. The zero-order chi connectivity index (χ0) is 16.6. The Bertz CT molecular complexity index is 626. The van der Waals surface area contributed by atoms with Gasteiger partial charge in [-0.15, -0.1) is 0 Å². The minimum absolute atomic E-state index is 0.0664. The van der Waals surface area contributed by atoms with Crippen LogP contribution in [0.1, 0.15) is 37.3 Å². The molecule has 0 aliphatic carbocycles. The molecule has 1 aromatic carbocycles. The highest BCUT2D eigenvalue weighted by molar-refractivity contribution is 6.00. The van der Waals surface area contributed by atoms with Gasteiger partial charge in [0.2, 0.25) is 11.8 Å². The summed E-state index contributed by atoms with van der Waals surface area (Å²) in [6.07, 6.45) is 2.62. The fourth-order valence-corrected chi connectivity index (χ4v) is 3.66. The van der Waals surface area contributed by atoms with E-state index in [1.807, 2.05) is 23.1 Å². The standard InChI is InChI=1S/C19H26N2O2/c1-13-5-4-8-20(11-13)19(23)16-10-18(22)21(12-16)17-7-6-14(2)15(3)9-17/h6-7,9,13,16H,4-5,8,10-12H2,1-3H3/t13-,16-/m0/s1. The Labute approximate surface area is 138 Å². The van der Waals surface area contributed by atoms with Gasteiger partial charge in [0.05, 0.1) is 5.92 Å². The summed E-state index contributed by atoms with van der Waals surface area (Å²) in [5.74, 6) is 0.614. The molecule has 2 saturated heterocycles. The van der Waals surface area contributed by atoms with Gasteiger partial charge in [0.15, 0.2) is 0 Å². The molecule has 2 heterocycles. The van der Waals surface area contributed by atoms with Crippen LogP contribution in [0.5, 0.6) is 0 Å². The number of anilines is 1. The van der Waals surface area contributed by atoms with Gasteiger partial charge in [0.1, 0.15) is 0 Å². The van der Waals surface area contributed by atoms with Crippen molar-refractivity contribution in [3.8, 4) is 0 Å². The van der Waals surface area contributed by atoms with Gasteiger partial charge in [-0.1, -0.05) is 13.0 Å². The van der Waals surface area contributed by atoms with Crippen LogP contribution in [0.2, 0.25) is 0 Å². The number of likely N-dealkylation sites (tertiary alicyclic amines) is 1. The lowest BCUT2D eigenvalue weighted by molar-refractivity contribution is -0.137. The van der Waals surface area contributed by atoms with Crippen LogP contribution in [0.25, 0.3) is 0 Å². The molecule has 1 aromatic rings. The first-order valence-corrected chi connectivity index (χ1v) is 8.62. The van der Waals surface area contributed by atoms with Gasteiger partial charge in [0, 0.05) is 31.7 Å². The number of rotatable bonds is 2. The average molecular weight is 314 g/mol. The smallest absolute Gasteiger partial charge is 0.228 e. The summed E-state index contributed by atoms with van der Waals surface area (Å²) < 4.78 is 0. The van der Waals surface area contributed by atoms with Crippen LogP contribution in [0.15, 0.2) is 18.2 Å². The van der Waals surface area contributed by atoms with Gasteiger partial charge in [-0.3, -0.25) is 9.59 Å². The number of benzene rings is 1. The first kappa shape index (κ1) is 16.0. The van der Waals surface area contributed by atoms with Crippen molar-refractivity contribution < 1.29 is 9.59 Å². The summed E-state index contributed by atoms with van der Waals surface area (Å²) in [6.45, 7) is 8.52. The second kappa shape index (κ2) is 6.34. The fraction of sp³-hybridized carbons (Fsp3) is 0.579. The van der Waals surface area contributed by atoms with E-state index in [-0.39, 0.29) is 17.7 Å². The van der Waals surface area contributed by atoms with Gasteiger partial charge in [0.25, 0.3) is 0 Å². The Morgan fingerprint density at radius 3 is 2.65 bits per heavy atom. The highest BCUT2D eigenvalue weighted by Gasteiger charge is 2.38. The molecule has 3 rings (SSSR count). The van der Waals surface area contributed by atoms with E-state index in [0.29, 0.717) is 18.9 Å². The van der Waals surface area contributed by atoms with Crippen molar-refractivity contribution >= 4 is 17.5 Å². The first-order chi connectivity index (χ1) is 11.0. The van der Waals surface area contributed by atoms with Crippen LogP contribution in [-0.2, 0) is 9.59 Å². The lowest BCUT2D eigenvalue weighted by Crippen LogP contribution is -2.43. The number of amides is 2. The molecule has 0 bridgehead atoms. The van der Waals surface area contributed by atoms with E-state index in [1.165, 1.54) is 17.5 Å². The lowest BCUT2D eigenvalue weighted by Gasteiger charge is -2.32. The molecule has 0 unspecified atom stereocenters. The average Bonchev–Trinajstić information content (AvgIpc) is 2.91. The van der Waals surface area contributed by atoms with E-state index in [9.17, 15) is 9.59 Å². The van der Waals surface area contributed by atoms with Crippen LogP contribution in [0.3, 0.4) is 0 Å². The summed E-state index contributed by atoms with van der Waals surface area (Å²) in [5, 5.41) is 0. The van der Waals surface area contributed by atoms with E-state index < -0.39 is 0 Å². The van der Waals surface area contributed by atoms with E-state index in [4.69, 9.17) is 0 Å². The monoisotopic (exact) mass is 314 g/mol. The zero-order valence-electron chi connectivity index (χ0n) is 14.3. The Hall–Kier alpha value is -1.84. The van der Waals surface area contributed by atoms with E-state index in [0.717, 1.165) is 25.2 Å². The molecular weight excluding hydrogens is 288 g/mol. The maximum absolute atomic E-state index is 12.7. The molecule has 0 saturated carbocycles. The lowest BCUT2D eigenvalue weighted by atomic mass is 9.98. The molecule has 0 radical (unpaired) electrons. The zero-order valence-corrected chi connectivity index (χ0v) is 14.3. The Balaban J connectivity index is 1.71. The van der Waals surface area contributed by atoms with Crippen molar-refractivity contribution in [1.82, 2.24) is 4.90 Å². The highest BCUT2D eigenvalue weighted by Crippen LogP contribution is 2.29. The number of aryl methyl sites for hydroxylation is 2. The SMILES string of the molecule is Cc1ccc(N2C[C@@H](C(=O)N3CCC[C@H](C)C3)CC2=O)cc1C. The molecular formula is C19H26N2O2. The molecule has 2 aliphatic heterocycles. The van der Waals surface area contributed by atoms with Gasteiger partial charge < -0.3 is 9.80 Å². The summed E-state index contributed by atoms with van der Waals surface area (Å²) in [7, 11) is 0. The summed E-state index contributed by atoms with van der Waals surface area (Å²) in [4.78, 5) is 28.9. The van der Waals surface area contributed by atoms with Crippen LogP contribution in [0, 0.1) is 25.7 Å². The molecule has 4 heteroatoms. The third-order valence-corrected chi connectivity index (χ3v) is 5.25. The number of hydrogen-bond donors (Lipinski definition) is 0. The first-order valence-electron chi connectivity index (χ1n) is 8.62. The maximum Gasteiger partial charge on any atom is 0.228 e. The van der Waals surface area contributed by atoms with Crippen LogP contribution in [0.4, 0.5) is 5.69 Å². The van der Waals surface area contributed by atoms with Crippen LogP contribution in [-0.4, -0.2) is 36.3 Å².